The van der Waals surface area contributed by atoms with Gasteiger partial charge in [-0.15, -0.1) is 0 Å². The molecule has 0 radical (unpaired) electrons. The first-order valence-corrected chi connectivity index (χ1v) is 4.32. The number of carboxylic acid groups (broad SMARTS) is 1. The van der Waals surface area contributed by atoms with E-state index in [1.165, 1.54) is 0 Å². The zero-order valence-electron chi connectivity index (χ0n) is 8.32. The molecule has 0 aliphatic rings. The van der Waals surface area contributed by atoms with Gasteiger partial charge in [0.15, 0.2) is 0 Å². The molecule has 0 aromatic carbocycles. The third-order valence-corrected chi connectivity index (χ3v) is 1.32. The van der Waals surface area contributed by atoms with Gasteiger partial charge in [0.1, 0.15) is 0 Å². The number of carbonyl (C=O) groups excluding carboxylic acids is 1. The fourth-order valence-electron chi connectivity index (χ4n) is 0.636. The summed E-state index contributed by atoms with van der Waals surface area (Å²) in [5, 5.41) is 8.35. The number of nitrogens with two attached hydrogens (primary N) is 1. The van der Waals surface area contributed by atoms with Gasteiger partial charge in [-0.25, -0.2) is 5.48 Å². The van der Waals surface area contributed by atoms with Crippen molar-refractivity contribution >= 4 is 11.9 Å². The molecule has 4 N–H and O–H groups in total. The maximum Gasteiger partial charge on any atom is 0.305 e. The van der Waals surface area contributed by atoms with Gasteiger partial charge in [0.05, 0.1) is 19.1 Å². The minimum absolute atomic E-state index is 0.283. The van der Waals surface area contributed by atoms with Crippen LogP contribution in [-0.2, 0) is 14.4 Å². The Balaban J connectivity index is 3.67. The molecule has 0 aromatic heterocycles. The average molecular weight is 204 g/mol. The van der Waals surface area contributed by atoms with Crippen LogP contribution in [0.1, 0.15) is 20.3 Å². The standard InChI is InChI=1S/C8H16N2O4/c1-5(2)4-14-10-8(13)6(9)3-7(11)12/h5-6H,3-4,9H2,1-2H3,(H,10,13)(H,11,12). The van der Waals surface area contributed by atoms with Gasteiger partial charge in [-0.05, 0) is 5.92 Å². The molecule has 1 amide bonds. The monoisotopic (exact) mass is 204 g/mol. The minimum atomic E-state index is -1.11. The Kier molecular flexibility index (Phi) is 5.82. The van der Waals surface area contributed by atoms with E-state index in [4.69, 9.17) is 15.7 Å². The molecule has 0 fully saturated rings. The molecule has 6 nitrogen and oxygen atoms in total. The van der Waals surface area contributed by atoms with Crippen LogP contribution in [0.2, 0.25) is 0 Å². The first-order valence-electron chi connectivity index (χ1n) is 4.32. The lowest BCUT2D eigenvalue weighted by atomic mass is 10.2. The molecule has 1 atom stereocenters. The molecule has 1 unspecified atom stereocenters. The highest BCUT2D eigenvalue weighted by atomic mass is 16.7. The lowest BCUT2D eigenvalue weighted by Gasteiger charge is -2.11. The van der Waals surface area contributed by atoms with E-state index in [1.54, 1.807) is 0 Å². The molecule has 0 saturated carbocycles. The highest BCUT2D eigenvalue weighted by Crippen LogP contribution is 1.92. The largest absolute Gasteiger partial charge is 0.481 e. The number of amides is 1. The summed E-state index contributed by atoms with van der Waals surface area (Å²) in [6, 6.07) is -1.07. The number of aliphatic carboxylic acids is 1. The summed E-state index contributed by atoms with van der Waals surface area (Å²) in [5.41, 5.74) is 7.35. The van der Waals surface area contributed by atoms with E-state index >= 15 is 0 Å². The summed E-state index contributed by atoms with van der Waals surface area (Å²) in [5.74, 6) is -1.45. The van der Waals surface area contributed by atoms with Gasteiger partial charge in [0.25, 0.3) is 5.91 Å². The Labute approximate surface area is 82.4 Å². The Bertz CT molecular complexity index is 206. The molecule has 0 heterocycles. The van der Waals surface area contributed by atoms with E-state index in [1.807, 2.05) is 13.8 Å². The van der Waals surface area contributed by atoms with Crippen molar-refractivity contribution in [3.63, 3.8) is 0 Å². The number of nitrogens with one attached hydrogen (secondary N) is 1. The van der Waals surface area contributed by atoms with Crippen LogP contribution in [0, 0.1) is 5.92 Å². The Morgan fingerprint density at radius 2 is 2.07 bits per heavy atom. The van der Waals surface area contributed by atoms with Gasteiger partial charge in [-0.2, -0.15) is 0 Å². The summed E-state index contributed by atoms with van der Waals surface area (Å²) in [6.45, 7) is 4.21. The second-order valence-electron chi connectivity index (χ2n) is 3.38. The van der Waals surface area contributed by atoms with Crippen molar-refractivity contribution in [3.05, 3.63) is 0 Å². The van der Waals surface area contributed by atoms with Crippen LogP contribution in [0.25, 0.3) is 0 Å². The van der Waals surface area contributed by atoms with Gasteiger partial charge >= 0.3 is 5.97 Å². The fourth-order valence-corrected chi connectivity index (χ4v) is 0.636. The van der Waals surface area contributed by atoms with E-state index in [0.29, 0.717) is 6.61 Å². The molecular weight excluding hydrogens is 188 g/mol. The predicted octanol–water partition coefficient (Wildman–Crippen LogP) is -0.508. The van der Waals surface area contributed by atoms with Crippen molar-refractivity contribution in [1.82, 2.24) is 5.48 Å². The van der Waals surface area contributed by atoms with Gasteiger partial charge in [-0.1, -0.05) is 13.8 Å². The summed E-state index contributed by atoms with van der Waals surface area (Å²) < 4.78 is 0. The number of hydrogen-bond acceptors (Lipinski definition) is 4. The van der Waals surface area contributed by atoms with E-state index in [-0.39, 0.29) is 5.92 Å². The lowest BCUT2D eigenvalue weighted by molar-refractivity contribution is -0.143. The second-order valence-corrected chi connectivity index (χ2v) is 3.38. The van der Waals surface area contributed by atoms with Gasteiger partial charge in [-0.3, -0.25) is 14.4 Å². The summed E-state index contributed by atoms with van der Waals surface area (Å²) in [6.07, 6.45) is -0.406. The first kappa shape index (κ1) is 12.9. The van der Waals surface area contributed by atoms with Crippen LogP contribution < -0.4 is 11.2 Å². The zero-order chi connectivity index (χ0) is 11.1. The van der Waals surface area contributed by atoms with Crippen LogP contribution in [0.4, 0.5) is 0 Å². The Morgan fingerprint density at radius 1 is 1.50 bits per heavy atom. The van der Waals surface area contributed by atoms with Crippen molar-refractivity contribution in [2.45, 2.75) is 26.3 Å². The maximum absolute atomic E-state index is 11.0. The summed E-state index contributed by atoms with van der Waals surface area (Å²) >= 11 is 0. The normalized spacial score (nSPS) is 12.6. The van der Waals surface area contributed by atoms with Gasteiger partial charge < -0.3 is 10.8 Å². The first-order chi connectivity index (χ1) is 6.43. The predicted molar refractivity (Wildman–Crippen MR) is 49.2 cm³/mol. The molecule has 0 rings (SSSR count). The van der Waals surface area contributed by atoms with Crippen LogP contribution in [0.3, 0.4) is 0 Å². The molecule has 0 saturated heterocycles. The number of hydrogen-bond donors (Lipinski definition) is 3. The molecule has 6 heteroatoms. The van der Waals surface area contributed by atoms with E-state index in [2.05, 4.69) is 5.48 Å². The average Bonchev–Trinajstić information content (AvgIpc) is 2.01. The van der Waals surface area contributed by atoms with Crippen LogP contribution in [0.5, 0.6) is 0 Å². The molecule has 14 heavy (non-hydrogen) atoms. The van der Waals surface area contributed by atoms with Gasteiger partial charge in [0.2, 0.25) is 0 Å². The van der Waals surface area contributed by atoms with Crippen molar-refractivity contribution in [2.75, 3.05) is 6.61 Å². The van der Waals surface area contributed by atoms with Crippen molar-refractivity contribution in [2.24, 2.45) is 11.7 Å². The van der Waals surface area contributed by atoms with Crippen LogP contribution in [0.15, 0.2) is 0 Å². The molecule has 82 valence electrons. The topological polar surface area (TPSA) is 102 Å². The highest BCUT2D eigenvalue weighted by Gasteiger charge is 2.16. The van der Waals surface area contributed by atoms with Crippen molar-refractivity contribution < 1.29 is 19.5 Å². The zero-order valence-corrected chi connectivity index (χ0v) is 8.32. The molecule has 0 spiro atoms. The quantitative estimate of drug-likeness (QED) is 0.506. The Morgan fingerprint density at radius 3 is 2.50 bits per heavy atom. The molecular formula is C8H16N2O4. The number of rotatable bonds is 6. The van der Waals surface area contributed by atoms with E-state index in [0.717, 1.165) is 0 Å². The lowest BCUT2D eigenvalue weighted by Crippen LogP contribution is -2.42. The third kappa shape index (κ3) is 6.38. The van der Waals surface area contributed by atoms with Crippen molar-refractivity contribution in [1.29, 1.82) is 0 Å². The van der Waals surface area contributed by atoms with Crippen molar-refractivity contribution in [3.8, 4) is 0 Å². The highest BCUT2D eigenvalue weighted by molar-refractivity contribution is 5.85. The second kappa shape index (κ2) is 6.33. The Hall–Kier alpha value is -1.14. The SMILES string of the molecule is CC(C)CONC(=O)C(N)CC(=O)O. The number of carboxylic acids is 1. The molecule has 0 aromatic rings. The van der Waals surface area contributed by atoms with Crippen LogP contribution in [-0.4, -0.2) is 29.6 Å². The van der Waals surface area contributed by atoms with E-state index < -0.39 is 24.3 Å². The number of hydroxylamine groups is 1. The summed E-state index contributed by atoms with van der Waals surface area (Å²) in [4.78, 5) is 26.0. The summed E-state index contributed by atoms with van der Waals surface area (Å²) in [7, 11) is 0. The number of carbonyl (C=O) groups is 2. The molecule has 0 aliphatic heterocycles. The molecule has 0 bridgehead atoms. The third-order valence-electron chi connectivity index (χ3n) is 1.32. The van der Waals surface area contributed by atoms with Crippen LogP contribution >= 0.6 is 0 Å². The molecule has 0 aliphatic carbocycles. The smallest absolute Gasteiger partial charge is 0.305 e. The fraction of sp³-hybridized carbons (Fsp3) is 0.750. The maximum atomic E-state index is 11.0. The van der Waals surface area contributed by atoms with Gasteiger partial charge in [0, 0.05) is 0 Å². The van der Waals surface area contributed by atoms with E-state index in [9.17, 15) is 9.59 Å². The minimum Gasteiger partial charge on any atom is -0.481 e.